The lowest BCUT2D eigenvalue weighted by Crippen LogP contribution is -2.28. The first kappa shape index (κ1) is 16.6. The van der Waals surface area contributed by atoms with Crippen molar-refractivity contribution in [3.63, 3.8) is 0 Å². The van der Waals surface area contributed by atoms with E-state index < -0.39 is 0 Å². The average molecular weight is 380 g/mol. The maximum absolute atomic E-state index is 13.6. The molecule has 0 amide bonds. The van der Waals surface area contributed by atoms with Gasteiger partial charge in [0.05, 0.1) is 23.8 Å². The molecule has 6 nitrogen and oxygen atoms in total. The van der Waals surface area contributed by atoms with E-state index >= 15 is 0 Å². The number of rotatable bonds is 2. The van der Waals surface area contributed by atoms with Crippen LogP contribution < -0.4 is 5.56 Å². The summed E-state index contributed by atoms with van der Waals surface area (Å²) in [6, 6.07) is 9.65. The normalized spacial score (nSPS) is 17.1. The van der Waals surface area contributed by atoms with Gasteiger partial charge in [-0.3, -0.25) is 9.20 Å². The highest BCUT2D eigenvalue weighted by molar-refractivity contribution is 7.18. The molecular formula is C20H20N4O2S. The predicted octanol–water partition coefficient (Wildman–Crippen LogP) is 3.50. The van der Waals surface area contributed by atoms with Crippen LogP contribution in [0.4, 0.5) is 0 Å². The summed E-state index contributed by atoms with van der Waals surface area (Å²) in [4.78, 5) is 15.7. The number of nitrogens with zero attached hydrogens (tertiary/aromatic N) is 4. The fourth-order valence-electron chi connectivity index (χ4n) is 3.83. The molecule has 138 valence electrons. The first-order valence-electron chi connectivity index (χ1n) is 9.14. The molecule has 0 radical (unpaired) electrons. The van der Waals surface area contributed by atoms with Gasteiger partial charge < -0.3 is 4.74 Å². The van der Waals surface area contributed by atoms with Crippen molar-refractivity contribution >= 4 is 27.3 Å². The fraction of sp³-hybridized carbons (Fsp3) is 0.350. The van der Waals surface area contributed by atoms with Crippen LogP contribution in [0.1, 0.15) is 30.1 Å². The molecule has 0 aliphatic carbocycles. The molecule has 0 spiro atoms. The Morgan fingerprint density at radius 3 is 2.74 bits per heavy atom. The zero-order valence-electron chi connectivity index (χ0n) is 15.5. The topological polar surface area (TPSA) is 61.4 Å². The fourth-order valence-corrected chi connectivity index (χ4v) is 5.11. The van der Waals surface area contributed by atoms with Crippen LogP contribution in [0.15, 0.2) is 35.1 Å². The highest BCUT2D eigenvalue weighted by Crippen LogP contribution is 2.36. The SMILES string of the molecule is Cc1nnc2n(-c3ccccc3)c(=O)c3c4c(sc3n12)CO[C@H](C(C)C)C4. The number of hydrogen-bond donors (Lipinski definition) is 0. The van der Waals surface area contributed by atoms with Crippen LogP contribution in [-0.4, -0.2) is 25.3 Å². The average Bonchev–Trinajstić information content (AvgIpc) is 3.23. The molecule has 1 aromatic carbocycles. The molecule has 0 fully saturated rings. The van der Waals surface area contributed by atoms with E-state index in [-0.39, 0.29) is 11.7 Å². The first-order valence-corrected chi connectivity index (χ1v) is 9.96. The molecule has 3 aromatic heterocycles. The molecule has 0 saturated heterocycles. The lowest BCUT2D eigenvalue weighted by molar-refractivity contribution is 0.00200. The minimum Gasteiger partial charge on any atom is -0.372 e. The third kappa shape index (κ3) is 2.38. The van der Waals surface area contributed by atoms with Crippen molar-refractivity contribution < 1.29 is 4.74 Å². The van der Waals surface area contributed by atoms with Crippen LogP contribution >= 0.6 is 11.3 Å². The van der Waals surface area contributed by atoms with E-state index in [1.165, 1.54) is 0 Å². The molecule has 0 unspecified atom stereocenters. The quantitative estimate of drug-likeness (QED) is 0.534. The molecule has 5 rings (SSSR count). The summed E-state index contributed by atoms with van der Waals surface area (Å²) in [5, 5.41) is 9.34. The van der Waals surface area contributed by atoms with Crippen LogP contribution in [-0.2, 0) is 17.8 Å². The number of aromatic nitrogens is 4. The summed E-state index contributed by atoms with van der Waals surface area (Å²) in [7, 11) is 0. The highest BCUT2D eigenvalue weighted by Gasteiger charge is 2.29. The van der Waals surface area contributed by atoms with E-state index in [0.29, 0.717) is 18.3 Å². The van der Waals surface area contributed by atoms with Crippen LogP contribution in [0.25, 0.3) is 21.7 Å². The van der Waals surface area contributed by atoms with Crippen molar-refractivity contribution in [3.8, 4) is 5.69 Å². The van der Waals surface area contributed by atoms with E-state index in [4.69, 9.17) is 4.74 Å². The van der Waals surface area contributed by atoms with Crippen LogP contribution in [0, 0.1) is 12.8 Å². The van der Waals surface area contributed by atoms with Crippen molar-refractivity contribution in [2.45, 2.75) is 39.9 Å². The molecular weight excluding hydrogens is 360 g/mol. The Morgan fingerprint density at radius 2 is 2.00 bits per heavy atom. The molecule has 4 aromatic rings. The Morgan fingerprint density at radius 1 is 1.22 bits per heavy atom. The summed E-state index contributed by atoms with van der Waals surface area (Å²) in [6.45, 7) is 6.81. The summed E-state index contributed by atoms with van der Waals surface area (Å²) < 4.78 is 9.71. The van der Waals surface area contributed by atoms with Crippen LogP contribution in [0.2, 0.25) is 0 Å². The molecule has 1 aliphatic heterocycles. The van der Waals surface area contributed by atoms with Crippen LogP contribution in [0.5, 0.6) is 0 Å². The second-order valence-electron chi connectivity index (χ2n) is 7.34. The number of fused-ring (bicyclic) bond motifs is 5. The summed E-state index contributed by atoms with van der Waals surface area (Å²) >= 11 is 1.62. The lowest BCUT2D eigenvalue weighted by Gasteiger charge is -2.26. The van der Waals surface area contributed by atoms with Gasteiger partial charge in [0.25, 0.3) is 5.56 Å². The van der Waals surface area contributed by atoms with Crippen molar-refractivity contribution in [3.05, 3.63) is 57.0 Å². The third-order valence-electron chi connectivity index (χ3n) is 5.29. The number of aryl methyl sites for hydroxylation is 1. The van der Waals surface area contributed by atoms with Gasteiger partial charge in [-0.2, -0.15) is 0 Å². The Labute approximate surface area is 160 Å². The monoisotopic (exact) mass is 380 g/mol. The second-order valence-corrected chi connectivity index (χ2v) is 8.42. The van der Waals surface area contributed by atoms with Crippen molar-refractivity contribution in [2.24, 2.45) is 5.92 Å². The molecule has 7 heteroatoms. The van der Waals surface area contributed by atoms with Crippen molar-refractivity contribution in [2.75, 3.05) is 0 Å². The standard InChI is InChI=1S/C20H20N4O2S/c1-11(2)15-9-14-16(10-26-15)27-19-17(14)18(25)24(13-7-5-4-6-8-13)20-22-21-12(3)23(19)20/h4-8,11,15H,9-10H2,1-3H3/t15-/m0/s1. The van der Waals surface area contributed by atoms with E-state index in [0.717, 1.165) is 38.6 Å². The van der Waals surface area contributed by atoms with Gasteiger partial charge in [-0.15, -0.1) is 21.5 Å². The smallest absolute Gasteiger partial charge is 0.268 e. The minimum absolute atomic E-state index is 0.0296. The zero-order valence-corrected chi connectivity index (χ0v) is 16.3. The highest BCUT2D eigenvalue weighted by atomic mass is 32.1. The number of para-hydroxylation sites is 1. The molecule has 27 heavy (non-hydrogen) atoms. The molecule has 1 aliphatic rings. The van der Waals surface area contributed by atoms with Crippen molar-refractivity contribution in [1.29, 1.82) is 0 Å². The summed E-state index contributed by atoms with van der Waals surface area (Å²) in [5.41, 5.74) is 1.90. The third-order valence-corrected chi connectivity index (χ3v) is 6.48. The zero-order chi connectivity index (χ0) is 18.7. The van der Waals surface area contributed by atoms with E-state index in [1.807, 2.05) is 41.7 Å². The molecule has 0 bridgehead atoms. The summed E-state index contributed by atoms with van der Waals surface area (Å²) in [5.74, 6) is 1.74. The Hall–Kier alpha value is -2.51. The van der Waals surface area contributed by atoms with E-state index in [1.54, 1.807) is 15.9 Å². The molecule has 1 atom stereocenters. The largest absolute Gasteiger partial charge is 0.372 e. The maximum atomic E-state index is 13.6. The number of ether oxygens (including phenoxy) is 1. The maximum Gasteiger partial charge on any atom is 0.268 e. The second kappa shape index (κ2) is 6.00. The lowest BCUT2D eigenvalue weighted by atomic mass is 9.96. The Balaban J connectivity index is 1.90. The predicted molar refractivity (Wildman–Crippen MR) is 106 cm³/mol. The van der Waals surface area contributed by atoms with Gasteiger partial charge in [0.1, 0.15) is 10.7 Å². The number of thiophene rings is 1. The molecule has 4 heterocycles. The van der Waals surface area contributed by atoms with E-state index in [2.05, 4.69) is 24.0 Å². The van der Waals surface area contributed by atoms with Gasteiger partial charge in [0, 0.05) is 11.3 Å². The Bertz CT molecular complexity index is 1220. The van der Waals surface area contributed by atoms with Gasteiger partial charge in [0.15, 0.2) is 0 Å². The van der Waals surface area contributed by atoms with Gasteiger partial charge in [-0.05, 0) is 30.5 Å². The number of hydrogen-bond acceptors (Lipinski definition) is 5. The van der Waals surface area contributed by atoms with Crippen LogP contribution in [0.3, 0.4) is 0 Å². The van der Waals surface area contributed by atoms with Gasteiger partial charge in [-0.1, -0.05) is 32.0 Å². The van der Waals surface area contributed by atoms with Crippen molar-refractivity contribution in [1.82, 2.24) is 19.2 Å². The van der Waals surface area contributed by atoms with Gasteiger partial charge >= 0.3 is 0 Å². The summed E-state index contributed by atoms with van der Waals surface area (Å²) in [6.07, 6.45) is 0.904. The molecule has 0 saturated carbocycles. The Kier molecular flexibility index (Phi) is 3.70. The number of benzene rings is 1. The first-order chi connectivity index (χ1) is 13.1. The minimum atomic E-state index is -0.0296. The van der Waals surface area contributed by atoms with E-state index in [9.17, 15) is 4.79 Å². The molecule has 0 N–H and O–H groups in total. The van der Waals surface area contributed by atoms with Gasteiger partial charge in [-0.25, -0.2) is 4.57 Å². The van der Waals surface area contributed by atoms with Gasteiger partial charge in [0.2, 0.25) is 5.78 Å².